The van der Waals surface area contributed by atoms with Crippen LogP contribution in [0, 0.1) is 23.7 Å². The molecule has 2 aliphatic heterocycles. The second kappa shape index (κ2) is 5.20. The van der Waals surface area contributed by atoms with E-state index in [2.05, 4.69) is 17.1 Å². The molecule has 2 heterocycles. The second-order valence-electron chi connectivity index (χ2n) is 6.71. The van der Waals surface area contributed by atoms with Crippen molar-refractivity contribution in [1.82, 2.24) is 10.2 Å². The molecular formula is C15H26N2O. The van der Waals surface area contributed by atoms with E-state index in [0.29, 0.717) is 5.91 Å². The van der Waals surface area contributed by atoms with Gasteiger partial charge in [-0.05, 0) is 24.2 Å². The van der Waals surface area contributed by atoms with Gasteiger partial charge < -0.3 is 10.2 Å². The Morgan fingerprint density at radius 1 is 1.22 bits per heavy atom. The Morgan fingerprint density at radius 2 is 1.83 bits per heavy atom. The zero-order chi connectivity index (χ0) is 12.5. The number of fused-ring (bicyclic) bond motifs is 1. The highest BCUT2D eigenvalue weighted by molar-refractivity contribution is 5.78. The lowest BCUT2D eigenvalue weighted by Gasteiger charge is -2.23. The minimum absolute atomic E-state index is 0.250. The molecule has 3 atom stereocenters. The maximum absolute atomic E-state index is 12.5. The number of hydrogen-bond acceptors (Lipinski definition) is 2. The van der Waals surface area contributed by atoms with Crippen molar-refractivity contribution in [2.24, 2.45) is 23.7 Å². The van der Waals surface area contributed by atoms with Crippen LogP contribution in [0.4, 0.5) is 0 Å². The number of carbonyl (C=O) groups excluding carboxylic acids is 1. The maximum atomic E-state index is 12.5. The molecule has 3 fully saturated rings. The highest BCUT2D eigenvalue weighted by Crippen LogP contribution is 2.32. The van der Waals surface area contributed by atoms with Crippen molar-refractivity contribution in [3.05, 3.63) is 0 Å². The molecule has 102 valence electrons. The summed E-state index contributed by atoms with van der Waals surface area (Å²) >= 11 is 0. The quantitative estimate of drug-likeness (QED) is 0.829. The van der Waals surface area contributed by atoms with E-state index >= 15 is 0 Å². The van der Waals surface area contributed by atoms with Crippen LogP contribution in [0.3, 0.4) is 0 Å². The lowest BCUT2D eigenvalue weighted by atomic mass is 9.93. The highest BCUT2D eigenvalue weighted by atomic mass is 16.2. The van der Waals surface area contributed by atoms with Gasteiger partial charge in [-0.1, -0.05) is 32.6 Å². The first-order valence-electron chi connectivity index (χ1n) is 7.73. The smallest absolute Gasteiger partial charge is 0.225 e. The minimum atomic E-state index is 0.250. The number of carbonyl (C=O) groups is 1. The van der Waals surface area contributed by atoms with Gasteiger partial charge in [-0.15, -0.1) is 0 Å². The molecule has 1 aliphatic carbocycles. The van der Waals surface area contributed by atoms with E-state index in [-0.39, 0.29) is 5.92 Å². The number of nitrogens with zero attached hydrogens (tertiary/aromatic N) is 1. The highest BCUT2D eigenvalue weighted by Gasteiger charge is 2.39. The van der Waals surface area contributed by atoms with E-state index in [1.807, 2.05) is 0 Å². The molecule has 18 heavy (non-hydrogen) atoms. The Balaban J connectivity index is 1.51. The molecule has 0 radical (unpaired) electrons. The van der Waals surface area contributed by atoms with Crippen molar-refractivity contribution in [3.8, 4) is 0 Å². The summed E-state index contributed by atoms with van der Waals surface area (Å²) in [6.07, 6.45) is 6.60. The first kappa shape index (κ1) is 12.5. The summed E-state index contributed by atoms with van der Waals surface area (Å²) in [7, 11) is 0. The van der Waals surface area contributed by atoms with Gasteiger partial charge in [-0.2, -0.15) is 0 Å². The Kier molecular flexibility index (Phi) is 3.60. The number of amides is 1. The van der Waals surface area contributed by atoms with Gasteiger partial charge in [0.25, 0.3) is 0 Å². The van der Waals surface area contributed by atoms with Gasteiger partial charge in [0.1, 0.15) is 0 Å². The van der Waals surface area contributed by atoms with Crippen LogP contribution in [0.5, 0.6) is 0 Å². The van der Waals surface area contributed by atoms with E-state index in [0.717, 1.165) is 50.4 Å². The van der Waals surface area contributed by atoms with Gasteiger partial charge in [0.2, 0.25) is 5.91 Å². The molecule has 3 aliphatic rings. The topological polar surface area (TPSA) is 32.3 Å². The first-order valence-corrected chi connectivity index (χ1v) is 7.73. The molecule has 1 N–H and O–H groups in total. The van der Waals surface area contributed by atoms with Gasteiger partial charge in [-0.3, -0.25) is 4.79 Å². The summed E-state index contributed by atoms with van der Waals surface area (Å²) in [6, 6.07) is 0. The Hall–Kier alpha value is -0.570. The van der Waals surface area contributed by atoms with Gasteiger partial charge in [-0.25, -0.2) is 0 Å². The van der Waals surface area contributed by atoms with E-state index in [1.165, 1.54) is 25.7 Å². The number of hydrogen-bond donors (Lipinski definition) is 1. The lowest BCUT2D eigenvalue weighted by molar-refractivity contribution is -0.134. The van der Waals surface area contributed by atoms with Crippen molar-refractivity contribution in [2.45, 2.75) is 39.0 Å². The molecule has 1 amide bonds. The van der Waals surface area contributed by atoms with Crippen LogP contribution in [0.25, 0.3) is 0 Å². The fourth-order valence-corrected chi connectivity index (χ4v) is 4.19. The minimum Gasteiger partial charge on any atom is -0.342 e. The van der Waals surface area contributed by atoms with Crippen LogP contribution in [0.1, 0.15) is 39.0 Å². The summed E-state index contributed by atoms with van der Waals surface area (Å²) in [5, 5.41) is 3.43. The SMILES string of the molecule is CC(CC1CCCC1)C(=O)N1C[C@H]2CNC[C@H]2C1. The fourth-order valence-electron chi connectivity index (χ4n) is 4.19. The Bertz CT molecular complexity index is 300. The van der Waals surface area contributed by atoms with Gasteiger partial charge in [0.15, 0.2) is 0 Å². The molecule has 0 aromatic heterocycles. The molecule has 1 unspecified atom stereocenters. The third-order valence-corrected chi connectivity index (χ3v) is 5.28. The van der Waals surface area contributed by atoms with E-state index in [1.54, 1.807) is 0 Å². The largest absolute Gasteiger partial charge is 0.342 e. The van der Waals surface area contributed by atoms with Crippen LogP contribution in [0.2, 0.25) is 0 Å². The van der Waals surface area contributed by atoms with Crippen LogP contribution >= 0.6 is 0 Å². The summed E-state index contributed by atoms with van der Waals surface area (Å²) in [4.78, 5) is 14.6. The van der Waals surface area contributed by atoms with Crippen LogP contribution in [-0.4, -0.2) is 37.0 Å². The third kappa shape index (κ3) is 2.42. The van der Waals surface area contributed by atoms with E-state index in [9.17, 15) is 4.79 Å². The molecule has 0 bridgehead atoms. The average molecular weight is 250 g/mol. The number of likely N-dealkylation sites (tertiary alicyclic amines) is 1. The van der Waals surface area contributed by atoms with Crippen LogP contribution < -0.4 is 5.32 Å². The van der Waals surface area contributed by atoms with Gasteiger partial charge >= 0.3 is 0 Å². The first-order chi connectivity index (χ1) is 8.74. The van der Waals surface area contributed by atoms with Crippen LogP contribution in [0.15, 0.2) is 0 Å². The molecule has 0 spiro atoms. The summed E-state index contributed by atoms with van der Waals surface area (Å²) in [6.45, 7) is 6.39. The molecule has 3 rings (SSSR count). The molecular weight excluding hydrogens is 224 g/mol. The standard InChI is InChI=1S/C15H26N2O/c1-11(6-12-4-2-3-5-12)15(18)17-9-13-7-16-8-14(13)10-17/h11-14,16H,2-10H2,1H3/t11?,13-,14+. The summed E-state index contributed by atoms with van der Waals surface area (Å²) < 4.78 is 0. The van der Waals surface area contributed by atoms with Crippen molar-refractivity contribution in [3.63, 3.8) is 0 Å². The number of nitrogens with one attached hydrogen (secondary N) is 1. The van der Waals surface area contributed by atoms with E-state index in [4.69, 9.17) is 0 Å². The molecule has 3 heteroatoms. The predicted molar refractivity (Wildman–Crippen MR) is 72.2 cm³/mol. The van der Waals surface area contributed by atoms with Crippen molar-refractivity contribution >= 4 is 5.91 Å². The number of rotatable bonds is 3. The zero-order valence-electron chi connectivity index (χ0n) is 11.5. The molecule has 1 saturated carbocycles. The monoisotopic (exact) mass is 250 g/mol. The second-order valence-corrected chi connectivity index (χ2v) is 6.71. The predicted octanol–water partition coefficient (Wildman–Crippen LogP) is 1.88. The van der Waals surface area contributed by atoms with Crippen molar-refractivity contribution in [2.75, 3.05) is 26.2 Å². The Morgan fingerprint density at radius 3 is 2.44 bits per heavy atom. The summed E-state index contributed by atoms with van der Waals surface area (Å²) in [5.74, 6) is 2.96. The normalized spacial score (nSPS) is 33.9. The van der Waals surface area contributed by atoms with Crippen LogP contribution in [-0.2, 0) is 4.79 Å². The lowest BCUT2D eigenvalue weighted by Crippen LogP contribution is -2.36. The maximum Gasteiger partial charge on any atom is 0.225 e. The van der Waals surface area contributed by atoms with Crippen molar-refractivity contribution in [1.29, 1.82) is 0 Å². The fraction of sp³-hybridized carbons (Fsp3) is 0.933. The van der Waals surface area contributed by atoms with Gasteiger partial charge in [0, 0.05) is 32.1 Å². The average Bonchev–Trinajstić information content (AvgIpc) is 3.02. The van der Waals surface area contributed by atoms with Gasteiger partial charge in [0.05, 0.1) is 0 Å². The summed E-state index contributed by atoms with van der Waals surface area (Å²) in [5.41, 5.74) is 0. The molecule has 0 aromatic carbocycles. The molecule has 3 nitrogen and oxygen atoms in total. The molecule has 2 saturated heterocycles. The molecule has 0 aromatic rings. The third-order valence-electron chi connectivity index (χ3n) is 5.28. The van der Waals surface area contributed by atoms with Crippen molar-refractivity contribution < 1.29 is 4.79 Å². The van der Waals surface area contributed by atoms with E-state index < -0.39 is 0 Å². The zero-order valence-corrected chi connectivity index (χ0v) is 11.5. The Labute approximate surface area is 110 Å².